The monoisotopic (exact) mass is 423 g/mol. The van der Waals surface area contributed by atoms with Crippen LogP contribution < -0.4 is 5.32 Å². The summed E-state index contributed by atoms with van der Waals surface area (Å²) in [6.07, 6.45) is 18.2. The van der Waals surface area contributed by atoms with Gasteiger partial charge in [0.2, 0.25) is 5.91 Å². The smallest absolute Gasteiger partial charge is 0.220 e. The molecular weight excluding hydrogens is 386 g/mol. The molecule has 5 heteroatoms. The predicted octanol–water partition coefficient (Wildman–Crippen LogP) is 6.01. The fraction of sp³-hybridized carbons (Fsp3) is 0.667. The van der Waals surface area contributed by atoms with Gasteiger partial charge in [-0.1, -0.05) is 68.9 Å². The van der Waals surface area contributed by atoms with Crippen LogP contribution in [-0.2, 0) is 14.3 Å². The van der Waals surface area contributed by atoms with E-state index >= 15 is 0 Å². The van der Waals surface area contributed by atoms with Gasteiger partial charge in [0.15, 0.2) is 5.78 Å². The van der Waals surface area contributed by atoms with E-state index in [1.54, 1.807) is 7.11 Å². The Labute approximate surface area is 181 Å². The summed E-state index contributed by atoms with van der Waals surface area (Å²) in [5.74, 6) is 0.0760. The number of allylic oxidation sites excluding steroid dienone is 2. The molecule has 1 amide bonds. The number of hydrogen-bond donors (Lipinski definition) is 1. The van der Waals surface area contributed by atoms with Crippen molar-refractivity contribution in [2.75, 3.05) is 13.7 Å². The molecule has 0 saturated heterocycles. The van der Waals surface area contributed by atoms with Gasteiger partial charge in [-0.2, -0.15) is 0 Å². The van der Waals surface area contributed by atoms with Gasteiger partial charge in [-0.15, -0.1) is 0 Å². The molecule has 1 N–H and O–H groups in total. The lowest BCUT2D eigenvalue weighted by Gasteiger charge is -2.15. The summed E-state index contributed by atoms with van der Waals surface area (Å²) in [7, 11) is 1.77. The molecule has 0 heterocycles. The number of amides is 1. The second-order valence-electron chi connectivity index (χ2n) is 7.65. The Morgan fingerprint density at radius 1 is 1.28 bits per heavy atom. The van der Waals surface area contributed by atoms with Crippen molar-refractivity contribution in [3.63, 3.8) is 0 Å². The van der Waals surface area contributed by atoms with Gasteiger partial charge in [0, 0.05) is 37.6 Å². The molecule has 0 radical (unpaired) electrons. The molecule has 1 atom stereocenters. The average molecular weight is 424 g/mol. The summed E-state index contributed by atoms with van der Waals surface area (Å²) in [6, 6.07) is 0. The minimum atomic E-state index is -0.0336. The van der Waals surface area contributed by atoms with E-state index in [4.69, 9.17) is 16.3 Å². The average Bonchev–Trinajstić information content (AvgIpc) is 2.73. The minimum absolute atomic E-state index is 0.0336. The van der Waals surface area contributed by atoms with Crippen LogP contribution in [0.3, 0.4) is 0 Å². The molecule has 1 aliphatic carbocycles. The highest BCUT2D eigenvalue weighted by molar-refractivity contribution is 6.26. The Morgan fingerprint density at radius 3 is 2.76 bits per heavy atom. The summed E-state index contributed by atoms with van der Waals surface area (Å²) >= 11 is 5.87. The number of hydrogen-bond acceptors (Lipinski definition) is 3. The molecule has 1 rings (SSSR count). The molecule has 0 aliphatic heterocycles. The van der Waals surface area contributed by atoms with Gasteiger partial charge in [-0.05, 0) is 37.7 Å². The summed E-state index contributed by atoms with van der Waals surface area (Å²) in [5, 5.41) is 2.86. The Kier molecular flexibility index (Phi) is 14.5. The van der Waals surface area contributed by atoms with E-state index < -0.39 is 0 Å². The third kappa shape index (κ3) is 11.4. The van der Waals surface area contributed by atoms with Crippen LogP contribution in [0, 0.1) is 0 Å². The van der Waals surface area contributed by atoms with Gasteiger partial charge in [-0.25, -0.2) is 0 Å². The fourth-order valence-corrected chi connectivity index (χ4v) is 3.62. The van der Waals surface area contributed by atoms with E-state index in [0.717, 1.165) is 25.7 Å². The number of carbonyl (C=O) groups excluding carboxylic acids is 2. The normalized spacial score (nSPS) is 16.2. The van der Waals surface area contributed by atoms with Gasteiger partial charge in [0.05, 0.1) is 6.10 Å². The molecular formula is C24H38ClNO3. The largest absolute Gasteiger partial charge is 0.381 e. The van der Waals surface area contributed by atoms with Crippen molar-refractivity contribution in [1.82, 2.24) is 5.32 Å². The maximum absolute atomic E-state index is 12.1. The first-order valence-electron chi connectivity index (χ1n) is 11.1. The van der Waals surface area contributed by atoms with Crippen LogP contribution >= 0.6 is 11.6 Å². The van der Waals surface area contributed by atoms with Crippen LogP contribution in [0.4, 0.5) is 0 Å². The maximum Gasteiger partial charge on any atom is 0.220 e. The number of halogens is 1. The zero-order valence-electron chi connectivity index (χ0n) is 18.2. The lowest BCUT2D eigenvalue weighted by Crippen LogP contribution is -2.27. The van der Waals surface area contributed by atoms with E-state index in [1.165, 1.54) is 37.6 Å². The molecule has 0 aromatic heterocycles. The number of ketones is 1. The summed E-state index contributed by atoms with van der Waals surface area (Å²) in [6.45, 7) is 2.53. The zero-order valence-corrected chi connectivity index (χ0v) is 18.9. The number of unbranched alkanes of at least 4 members (excludes halogenated alkanes) is 4. The van der Waals surface area contributed by atoms with Crippen LogP contribution in [0.2, 0.25) is 0 Å². The minimum Gasteiger partial charge on any atom is -0.381 e. The number of methoxy groups -OCH3 is 1. The highest BCUT2D eigenvalue weighted by atomic mass is 35.5. The maximum atomic E-state index is 12.1. The van der Waals surface area contributed by atoms with E-state index in [2.05, 4.69) is 18.3 Å². The van der Waals surface area contributed by atoms with Crippen molar-refractivity contribution in [1.29, 1.82) is 0 Å². The summed E-state index contributed by atoms with van der Waals surface area (Å²) < 4.78 is 5.55. The molecule has 164 valence electrons. The number of ether oxygens (including phenoxy) is 1. The number of nitrogens with one attached hydrogen (secondary N) is 1. The Balaban J connectivity index is 2.21. The number of Topliss-reactive ketones (excluding diaryl/α,β-unsaturated/α-hetero) is 1. The van der Waals surface area contributed by atoms with Gasteiger partial charge in [0.1, 0.15) is 0 Å². The van der Waals surface area contributed by atoms with Crippen LogP contribution in [0.1, 0.15) is 84.0 Å². The quantitative estimate of drug-likeness (QED) is 0.259. The fourth-order valence-electron chi connectivity index (χ4n) is 3.43. The molecule has 0 aromatic rings. The Hall–Kier alpha value is -1.39. The third-order valence-corrected chi connectivity index (χ3v) is 5.54. The second kappa shape index (κ2) is 16.4. The van der Waals surface area contributed by atoms with E-state index in [1.807, 2.05) is 12.2 Å². The van der Waals surface area contributed by atoms with Crippen molar-refractivity contribution in [3.8, 4) is 0 Å². The topological polar surface area (TPSA) is 55.4 Å². The van der Waals surface area contributed by atoms with E-state index in [9.17, 15) is 9.59 Å². The van der Waals surface area contributed by atoms with Crippen LogP contribution in [0.5, 0.6) is 0 Å². The molecule has 1 unspecified atom stereocenters. The number of rotatable bonds is 15. The molecule has 0 bridgehead atoms. The van der Waals surface area contributed by atoms with Crippen LogP contribution in [0.15, 0.2) is 34.9 Å². The molecule has 0 spiro atoms. The number of carbonyl (C=O) groups is 2. The lowest BCUT2D eigenvalue weighted by molar-refractivity contribution is -0.121. The van der Waals surface area contributed by atoms with Crippen molar-refractivity contribution < 1.29 is 14.3 Å². The van der Waals surface area contributed by atoms with Crippen molar-refractivity contribution >= 4 is 23.3 Å². The van der Waals surface area contributed by atoms with Crippen molar-refractivity contribution in [2.24, 2.45) is 0 Å². The first-order chi connectivity index (χ1) is 14.1. The summed E-state index contributed by atoms with van der Waals surface area (Å²) in [4.78, 5) is 24.0. The highest BCUT2D eigenvalue weighted by Crippen LogP contribution is 2.21. The standard InChI is InChI=1S/C24H38ClNO3/c1-3-4-5-6-8-13-21(29-2)14-9-7-10-17-24(28)26-19-20(18-25)22-15-11-12-16-23(22)27/h7,9,15,18,21H,3-6,8,10-14,16-17,19H2,1-2H3,(H,26,28)/b9-7+,20-18-. The van der Waals surface area contributed by atoms with Gasteiger partial charge >= 0.3 is 0 Å². The third-order valence-electron chi connectivity index (χ3n) is 5.28. The zero-order chi connectivity index (χ0) is 21.3. The first-order valence-corrected chi connectivity index (χ1v) is 11.5. The molecule has 0 aromatic carbocycles. The van der Waals surface area contributed by atoms with Gasteiger partial charge < -0.3 is 10.1 Å². The van der Waals surface area contributed by atoms with E-state index in [-0.39, 0.29) is 17.8 Å². The van der Waals surface area contributed by atoms with Crippen molar-refractivity contribution in [3.05, 3.63) is 34.9 Å². The van der Waals surface area contributed by atoms with Gasteiger partial charge in [-0.3, -0.25) is 9.59 Å². The lowest BCUT2D eigenvalue weighted by atomic mass is 9.93. The molecule has 0 fully saturated rings. The molecule has 29 heavy (non-hydrogen) atoms. The Bertz CT molecular complexity index is 581. The molecule has 1 aliphatic rings. The Morgan fingerprint density at radius 2 is 2.07 bits per heavy atom. The van der Waals surface area contributed by atoms with Crippen LogP contribution in [0.25, 0.3) is 0 Å². The van der Waals surface area contributed by atoms with Crippen molar-refractivity contribution in [2.45, 2.75) is 90.1 Å². The SMILES string of the molecule is CCCCCCCC(C/C=C/CCC(=O)NC/C(=C/Cl)C1=CCCCC1=O)OC. The summed E-state index contributed by atoms with van der Waals surface area (Å²) in [5.41, 5.74) is 2.76. The molecule has 4 nitrogen and oxygen atoms in total. The highest BCUT2D eigenvalue weighted by Gasteiger charge is 2.17. The second-order valence-corrected chi connectivity index (χ2v) is 7.87. The van der Waals surface area contributed by atoms with E-state index in [0.29, 0.717) is 37.0 Å². The predicted molar refractivity (Wildman–Crippen MR) is 121 cm³/mol. The molecule has 0 saturated carbocycles. The van der Waals surface area contributed by atoms with Gasteiger partial charge in [0.25, 0.3) is 0 Å². The first kappa shape index (κ1) is 25.6. The van der Waals surface area contributed by atoms with Crippen LogP contribution in [-0.4, -0.2) is 31.4 Å².